The Bertz CT molecular complexity index is 1100. The molecule has 1 fully saturated rings. The predicted molar refractivity (Wildman–Crippen MR) is 109 cm³/mol. The van der Waals surface area contributed by atoms with Crippen LogP contribution in [-0.4, -0.2) is 51.6 Å². The lowest BCUT2D eigenvalue weighted by atomic mass is 10.2. The zero-order valence-electron chi connectivity index (χ0n) is 16.6. The lowest BCUT2D eigenvalue weighted by Crippen LogP contribution is -2.43. The van der Waals surface area contributed by atoms with E-state index in [4.69, 9.17) is 0 Å². The number of halogens is 3. The topological polar surface area (TPSA) is 67.2 Å². The molecule has 0 radical (unpaired) electrons. The Morgan fingerprint density at radius 3 is 2.55 bits per heavy atom. The number of fused-ring (bicyclic) bond motifs is 1. The lowest BCUT2D eigenvalue weighted by Gasteiger charge is -2.18. The summed E-state index contributed by atoms with van der Waals surface area (Å²) in [5, 5.41) is 2.57. The Labute approximate surface area is 176 Å². The molecule has 1 atom stereocenters. The van der Waals surface area contributed by atoms with Gasteiger partial charge in [-0.1, -0.05) is 30.3 Å². The maximum absolute atomic E-state index is 12.6. The molecule has 0 bridgehead atoms. The smallest absolute Gasteiger partial charge is 0.344 e. The van der Waals surface area contributed by atoms with Gasteiger partial charge in [0.15, 0.2) is 0 Å². The summed E-state index contributed by atoms with van der Waals surface area (Å²) in [5.41, 5.74) is 2.63. The molecule has 3 aromatic rings. The van der Waals surface area contributed by atoms with E-state index in [2.05, 4.69) is 10.3 Å². The number of aromatic nitrogens is 2. The highest BCUT2D eigenvalue weighted by molar-refractivity contribution is 5.89. The van der Waals surface area contributed by atoms with Crippen LogP contribution in [0.5, 0.6) is 0 Å². The monoisotopic (exact) mass is 430 g/mol. The van der Waals surface area contributed by atoms with Crippen molar-refractivity contribution in [3.05, 3.63) is 60.4 Å². The first-order chi connectivity index (χ1) is 14.8. The van der Waals surface area contributed by atoms with Gasteiger partial charge in [0.25, 0.3) is 0 Å². The van der Waals surface area contributed by atoms with Crippen LogP contribution in [0.4, 0.5) is 13.2 Å². The first kappa shape index (κ1) is 20.9. The first-order valence-corrected chi connectivity index (χ1v) is 9.98. The molecule has 1 aliphatic rings. The van der Waals surface area contributed by atoms with Gasteiger partial charge >= 0.3 is 6.18 Å². The molecule has 31 heavy (non-hydrogen) atoms. The van der Waals surface area contributed by atoms with Gasteiger partial charge < -0.3 is 10.2 Å². The molecular weight excluding hydrogens is 409 g/mol. The van der Waals surface area contributed by atoms with E-state index in [9.17, 15) is 22.8 Å². The number of benzene rings is 2. The predicted octanol–water partition coefficient (Wildman–Crippen LogP) is 3.24. The van der Waals surface area contributed by atoms with Crippen LogP contribution >= 0.6 is 0 Å². The average molecular weight is 430 g/mol. The number of rotatable bonds is 6. The third-order valence-corrected chi connectivity index (χ3v) is 5.22. The Balaban J connectivity index is 1.44. The number of hydrogen-bond acceptors (Lipinski definition) is 3. The summed E-state index contributed by atoms with van der Waals surface area (Å²) in [4.78, 5) is 30.0. The van der Waals surface area contributed by atoms with Crippen LogP contribution < -0.4 is 5.32 Å². The fraction of sp³-hybridized carbons (Fsp3) is 0.318. The Kier molecular flexibility index (Phi) is 5.67. The Morgan fingerprint density at radius 2 is 1.81 bits per heavy atom. The van der Waals surface area contributed by atoms with Crippen molar-refractivity contribution in [2.24, 2.45) is 0 Å². The molecule has 1 aromatic heterocycles. The minimum absolute atomic E-state index is 0.0207. The van der Waals surface area contributed by atoms with Crippen molar-refractivity contribution in [1.29, 1.82) is 0 Å². The van der Waals surface area contributed by atoms with Gasteiger partial charge in [0.05, 0.1) is 11.0 Å². The molecule has 6 nitrogen and oxygen atoms in total. The largest absolute Gasteiger partial charge is 0.406 e. The van der Waals surface area contributed by atoms with Crippen molar-refractivity contribution in [3.63, 3.8) is 0 Å². The second-order valence-corrected chi connectivity index (χ2v) is 7.47. The zero-order valence-corrected chi connectivity index (χ0v) is 16.6. The molecule has 0 aliphatic carbocycles. The number of carbonyl (C=O) groups excluding carboxylic acids is 2. The average Bonchev–Trinajstić information content (AvgIpc) is 3.27. The minimum Gasteiger partial charge on any atom is -0.344 e. The summed E-state index contributed by atoms with van der Waals surface area (Å²) in [6.45, 7) is -1.31. The van der Waals surface area contributed by atoms with Gasteiger partial charge in [-0.15, -0.1) is 0 Å². The van der Waals surface area contributed by atoms with Gasteiger partial charge in [0, 0.05) is 25.1 Å². The second kappa shape index (κ2) is 8.41. The molecule has 162 valence electrons. The zero-order chi connectivity index (χ0) is 22.0. The summed E-state index contributed by atoms with van der Waals surface area (Å²) in [6.07, 6.45) is -3.89. The molecule has 1 N–H and O–H groups in total. The fourth-order valence-corrected chi connectivity index (χ4v) is 3.85. The highest BCUT2D eigenvalue weighted by atomic mass is 19.4. The standard InChI is InChI=1S/C22H21F3N4O2/c23-22(24,25)14-28-13-12-17(21(28)31)27-20(30)11-10-19-26-16-8-4-5-9-18(16)29(19)15-6-2-1-3-7-15/h1-9,17H,10-14H2,(H,27,30). The summed E-state index contributed by atoms with van der Waals surface area (Å²) < 4.78 is 39.6. The molecule has 9 heteroatoms. The third kappa shape index (κ3) is 4.70. The first-order valence-electron chi connectivity index (χ1n) is 9.98. The molecule has 2 heterocycles. The summed E-state index contributed by atoms with van der Waals surface area (Å²) in [5.74, 6) is -0.389. The van der Waals surface area contributed by atoms with Crippen LogP contribution in [0.15, 0.2) is 54.6 Å². The number of alkyl halides is 3. The van der Waals surface area contributed by atoms with Crippen molar-refractivity contribution in [2.75, 3.05) is 13.1 Å². The number of aryl methyl sites for hydroxylation is 1. The van der Waals surface area contributed by atoms with Crippen LogP contribution in [0, 0.1) is 0 Å². The van der Waals surface area contributed by atoms with E-state index in [1.165, 1.54) is 0 Å². The molecule has 1 aliphatic heterocycles. The number of amides is 2. The van der Waals surface area contributed by atoms with Crippen LogP contribution in [0.1, 0.15) is 18.7 Å². The van der Waals surface area contributed by atoms with Crippen LogP contribution in [0.25, 0.3) is 16.7 Å². The van der Waals surface area contributed by atoms with E-state index in [0.29, 0.717) is 12.2 Å². The molecule has 0 spiro atoms. The molecule has 2 amide bonds. The number of nitrogens with one attached hydrogen (secondary N) is 1. The quantitative estimate of drug-likeness (QED) is 0.653. The number of nitrogens with zero attached hydrogens (tertiary/aromatic N) is 3. The number of carbonyl (C=O) groups is 2. The number of likely N-dealkylation sites (tertiary alicyclic amines) is 1. The van der Waals surface area contributed by atoms with E-state index in [-0.39, 0.29) is 25.3 Å². The van der Waals surface area contributed by atoms with Gasteiger partial charge in [0.2, 0.25) is 11.8 Å². The molecule has 1 saturated heterocycles. The van der Waals surface area contributed by atoms with Gasteiger partial charge in [-0.05, 0) is 30.7 Å². The van der Waals surface area contributed by atoms with E-state index in [1.807, 2.05) is 59.2 Å². The van der Waals surface area contributed by atoms with Crippen molar-refractivity contribution in [1.82, 2.24) is 19.8 Å². The Morgan fingerprint density at radius 1 is 1.10 bits per heavy atom. The van der Waals surface area contributed by atoms with Gasteiger partial charge in [0.1, 0.15) is 18.4 Å². The summed E-state index contributed by atoms with van der Waals surface area (Å²) >= 11 is 0. The van der Waals surface area contributed by atoms with E-state index in [1.54, 1.807) is 0 Å². The van der Waals surface area contributed by atoms with Gasteiger partial charge in [-0.3, -0.25) is 14.2 Å². The van der Waals surface area contributed by atoms with E-state index < -0.39 is 24.7 Å². The minimum atomic E-state index is -4.45. The highest BCUT2D eigenvalue weighted by Gasteiger charge is 2.39. The third-order valence-electron chi connectivity index (χ3n) is 5.22. The molecular formula is C22H21F3N4O2. The lowest BCUT2D eigenvalue weighted by molar-refractivity contribution is -0.158. The maximum Gasteiger partial charge on any atom is 0.406 e. The van der Waals surface area contributed by atoms with Crippen LogP contribution in [-0.2, 0) is 16.0 Å². The molecule has 1 unspecified atom stereocenters. The Hall–Kier alpha value is -3.36. The van der Waals surface area contributed by atoms with Crippen molar-refractivity contribution in [3.8, 4) is 5.69 Å². The highest BCUT2D eigenvalue weighted by Crippen LogP contribution is 2.23. The van der Waals surface area contributed by atoms with Gasteiger partial charge in [-0.2, -0.15) is 13.2 Å². The van der Waals surface area contributed by atoms with Crippen molar-refractivity contribution < 1.29 is 22.8 Å². The van der Waals surface area contributed by atoms with E-state index >= 15 is 0 Å². The van der Waals surface area contributed by atoms with E-state index in [0.717, 1.165) is 21.6 Å². The number of imidazole rings is 1. The number of hydrogen-bond donors (Lipinski definition) is 1. The molecule has 2 aromatic carbocycles. The SMILES string of the molecule is O=C(CCc1nc2ccccc2n1-c1ccccc1)NC1CCN(CC(F)(F)F)C1=O. The maximum atomic E-state index is 12.6. The number of para-hydroxylation sites is 3. The molecule has 0 saturated carbocycles. The fourth-order valence-electron chi connectivity index (χ4n) is 3.85. The normalized spacial score (nSPS) is 16.8. The van der Waals surface area contributed by atoms with Crippen molar-refractivity contribution in [2.45, 2.75) is 31.5 Å². The molecule has 4 rings (SSSR count). The van der Waals surface area contributed by atoms with Crippen LogP contribution in [0.2, 0.25) is 0 Å². The van der Waals surface area contributed by atoms with Gasteiger partial charge in [-0.25, -0.2) is 4.98 Å². The summed E-state index contributed by atoms with van der Waals surface area (Å²) in [7, 11) is 0. The second-order valence-electron chi connectivity index (χ2n) is 7.47. The summed E-state index contributed by atoms with van der Waals surface area (Å²) in [6, 6.07) is 16.4. The van der Waals surface area contributed by atoms with Crippen LogP contribution in [0.3, 0.4) is 0 Å². The van der Waals surface area contributed by atoms with Crippen molar-refractivity contribution >= 4 is 22.8 Å².